The summed E-state index contributed by atoms with van der Waals surface area (Å²) < 4.78 is 5.81. The number of nitrogens with zero attached hydrogens (tertiary/aromatic N) is 3. The Morgan fingerprint density at radius 2 is 1.81 bits per heavy atom. The Balaban J connectivity index is 1.57. The molecule has 2 heterocycles. The van der Waals surface area contributed by atoms with Gasteiger partial charge in [0.15, 0.2) is 0 Å². The highest BCUT2D eigenvalue weighted by atomic mass is 16.9. The number of carbonyl (C=O) groups excluding carboxylic acids is 2. The maximum atomic E-state index is 12.7. The second-order valence-corrected chi connectivity index (χ2v) is 6.60. The van der Waals surface area contributed by atoms with E-state index in [4.69, 9.17) is 4.74 Å². The molecule has 9 heteroatoms. The van der Waals surface area contributed by atoms with Gasteiger partial charge in [0.1, 0.15) is 12.4 Å². The lowest BCUT2D eigenvalue weighted by Gasteiger charge is -2.16. The minimum absolute atomic E-state index is 0.0545. The van der Waals surface area contributed by atoms with Crippen molar-refractivity contribution in [2.45, 2.75) is 25.7 Å². The van der Waals surface area contributed by atoms with Crippen LogP contribution in [0.5, 0.6) is 5.75 Å². The van der Waals surface area contributed by atoms with Gasteiger partial charge in [-0.15, -0.1) is 10.1 Å². The Hall–Kier alpha value is -2.68. The Bertz CT molecular complexity index is 717. The summed E-state index contributed by atoms with van der Waals surface area (Å²) in [7, 11) is 0. The minimum Gasteiger partial charge on any atom is -0.491 e. The number of imide groups is 1. The fraction of sp³-hybridized carbons (Fsp3) is 0.556. The third kappa shape index (κ3) is 4.54. The highest BCUT2D eigenvalue weighted by Crippen LogP contribution is 2.31. The summed E-state index contributed by atoms with van der Waals surface area (Å²) in [6, 6.07) is 5.05. The molecule has 0 saturated carbocycles. The standard InChI is InChI=1S/C18H23N3O6/c22-17-14-6-5-7-15(26-13-11-19-8-1-2-9-19)16(14)18(23)20(17)10-3-4-12-27-21(24)25/h5-7H,1-4,8-13H2. The monoisotopic (exact) mass is 377 g/mol. The van der Waals surface area contributed by atoms with Gasteiger partial charge >= 0.3 is 0 Å². The van der Waals surface area contributed by atoms with Gasteiger partial charge in [-0.2, -0.15) is 0 Å². The van der Waals surface area contributed by atoms with Crippen LogP contribution in [0.4, 0.5) is 0 Å². The van der Waals surface area contributed by atoms with Crippen LogP contribution in [0.1, 0.15) is 46.4 Å². The lowest BCUT2D eigenvalue weighted by atomic mass is 10.1. The largest absolute Gasteiger partial charge is 0.491 e. The highest BCUT2D eigenvalue weighted by Gasteiger charge is 2.37. The first-order valence-electron chi connectivity index (χ1n) is 9.19. The summed E-state index contributed by atoms with van der Waals surface area (Å²) in [5.41, 5.74) is 0.658. The number of amides is 2. The van der Waals surface area contributed by atoms with Crippen LogP contribution < -0.4 is 4.74 Å². The number of carbonyl (C=O) groups is 2. The number of likely N-dealkylation sites (tertiary alicyclic amines) is 1. The molecule has 0 spiro atoms. The average molecular weight is 377 g/mol. The van der Waals surface area contributed by atoms with Gasteiger partial charge in [0, 0.05) is 13.1 Å². The Morgan fingerprint density at radius 1 is 1.04 bits per heavy atom. The van der Waals surface area contributed by atoms with Crippen molar-refractivity contribution < 1.29 is 24.3 Å². The number of rotatable bonds is 10. The van der Waals surface area contributed by atoms with Crippen molar-refractivity contribution >= 4 is 11.8 Å². The van der Waals surface area contributed by atoms with Gasteiger partial charge in [0.2, 0.25) is 0 Å². The Morgan fingerprint density at radius 3 is 2.56 bits per heavy atom. The first-order valence-corrected chi connectivity index (χ1v) is 9.19. The van der Waals surface area contributed by atoms with Crippen molar-refractivity contribution in [3.8, 4) is 5.75 Å². The van der Waals surface area contributed by atoms with E-state index in [0.717, 1.165) is 19.6 Å². The normalized spacial score (nSPS) is 16.7. The number of hydrogen-bond acceptors (Lipinski definition) is 7. The summed E-state index contributed by atoms with van der Waals surface area (Å²) in [5.74, 6) is -0.290. The van der Waals surface area contributed by atoms with E-state index in [1.165, 1.54) is 17.7 Å². The van der Waals surface area contributed by atoms with Crippen molar-refractivity contribution in [2.75, 3.05) is 39.4 Å². The molecule has 9 nitrogen and oxygen atoms in total. The van der Waals surface area contributed by atoms with Gasteiger partial charge in [0.05, 0.1) is 17.7 Å². The quantitative estimate of drug-likeness (QED) is 0.265. The van der Waals surface area contributed by atoms with Crippen LogP contribution in [-0.4, -0.2) is 66.1 Å². The van der Waals surface area contributed by atoms with E-state index in [9.17, 15) is 19.7 Å². The topological polar surface area (TPSA) is 102 Å². The molecule has 0 aliphatic carbocycles. The lowest BCUT2D eigenvalue weighted by Crippen LogP contribution is -2.31. The summed E-state index contributed by atoms with van der Waals surface area (Å²) in [5, 5.41) is 9.27. The second kappa shape index (κ2) is 8.81. The van der Waals surface area contributed by atoms with Crippen LogP contribution in [0.25, 0.3) is 0 Å². The number of benzene rings is 1. The predicted octanol–water partition coefficient (Wildman–Crippen LogP) is 1.75. The van der Waals surface area contributed by atoms with Gasteiger partial charge in [-0.05, 0) is 50.9 Å². The first kappa shape index (κ1) is 19.1. The molecule has 2 aliphatic rings. The Labute approximate surface area is 156 Å². The third-order valence-corrected chi connectivity index (χ3v) is 4.80. The summed E-state index contributed by atoms with van der Waals surface area (Å²) in [4.78, 5) is 43.1. The molecular formula is C18H23N3O6. The molecule has 2 amide bonds. The second-order valence-electron chi connectivity index (χ2n) is 6.60. The first-order chi connectivity index (χ1) is 13.1. The van der Waals surface area contributed by atoms with Crippen LogP contribution in [0.2, 0.25) is 0 Å². The molecule has 1 aromatic carbocycles. The molecule has 3 rings (SSSR count). The molecule has 0 unspecified atom stereocenters. The molecule has 1 saturated heterocycles. The molecule has 0 radical (unpaired) electrons. The van der Waals surface area contributed by atoms with E-state index < -0.39 is 5.09 Å². The van der Waals surface area contributed by atoms with Gasteiger partial charge < -0.3 is 9.57 Å². The van der Waals surface area contributed by atoms with Crippen molar-refractivity contribution in [2.24, 2.45) is 0 Å². The van der Waals surface area contributed by atoms with Crippen molar-refractivity contribution in [3.05, 3.63) is 39.4 Å². The third-order valence-electron chi connectivity index (χ3n) is 4.80. The van der Waals surface area contributed by atoms with Crippen molar-refractivity contribution in [3.63, 3.8) is 0 Å². The maximum absolute atomic E-state index is 12.7. The average Bonchev–Trinajstić information content (AvgIpc) is 3.24. The molecule has 27 heavy (non-hydrogen) atoms. The zero-order valence-corrected chi connectivity index (χ0v) is 15.1. The number of unbranched alkanes of at least 4 members (excludes halogenated alkanes) is 1. The maximum Gasteiger partial charge on any atom is 0.294 e. The van der Waals surface area contributed by atoms with Crippen LogP contribution in [0.15, 0.2) is 18.2 Å². The molecule has 1 aromatic rings. The minimum atomic E-state index is -0.853. The van der Waals surface area contributed by atoms with Gasteiger partial charge in [-0.1, -0.05) is 6.07 Å². The molecular weight excluding hydrogens is 354 g/mol. The van der Waals surface area contributed by atoms with Crippen LogP contribution in [-0.2, 0) is 4.84 Å². The lowest BCUT2D eigenvalue weighted by molar-refractivity contribution is -0.757. The molecule has 0 aromatic heterocycles. The SMILES string of the molecule is O=C1c2cccc(OCCN3CCCC3)c2C(=O)N1CCCCO[N+](=O)[O-]. The molecule has 0 bridgehead atoms. The van der Waals surface area contributed by atoms with E-state index in [1.54, 1.807) is 18.2 Å². The van der Waals surface area contributed by atoms with E-state index >= 15 is 0 Å². The van der Waals surface area contributed by atoms with Gasteiger partial charge in [0.25, 0.3) is 16.9 Å². The zero-order chi connectivity index (χ0) is 19.2. The van der Waals surface area contributed by atoms with Crippen LogP contribution in [0, 0.1) is 10.1 Å². The summed E-state index contributed by atoms with van der Waals surface area (Å²) >= 11 is 0. The van der Waals surface area contributed by atoms with E-state index in [2.05, 4.69) is 9.74 Å². The van der Waals surface area contributed by atoms with E-state index in [1.807, 2.05) is 0 Å². The fourth-order valence-corrected chi connectivity index (χ4v) is 3.43. The van der Waals surface area contributed by atoms with Crippen LogP contribution in [0.3, 0.4) is 0 Å². The van der Waals surface area contributed by atoms with Gasteiger partial charge in [-0.3, -0.25) is 19.4 Å². The fourth-order valence-electron chi connectivity index (χ4n) is 3.43. The molecule has 0 N–H and O–H groups in total. The zero-order valence-electron chi connectivity index (χ0n) is 15.1. The van der Waals surface area contributed by atoms with E-state index in [0.29, 0.717) is 36.3 Å². The number of fused-ring (bicyclic) bond motifs is 1. The molecule has 1 fully saturated rings. The molecule has 0 atom stereocenters. The number of ether oxygens (including phenoxy) is 1. The predicted molar refractivity (Wildman–Crippen MR) is 95.2 cm³/mol. The summed E-state index contributed by atoms with van der Waals surface area (Å²) in [6.45, 7) is 3.55. The molecule has 2 aliphatic heterocycles. The molecule has 146 valence electrons. The summed E-state index contributed by atoms with van der Waals surface area (Å²) in [6.07, 6.45) is 3.23. The Kier molecular flexibility index (Phi) is 6.23. The van der Waals surface area contributed by atoms with Crippen molar-refractivity contribution in [1.29, 1.82) is 0 Å². The highest BCUT2D eigenvalue weighted by molar-refractivity contribution is 6.22. The number of hydrogen-bond donors (Lipinski definition) is 0. The van der Waals surface area contributed by atoms with Crippen LogP contribution >= 0.6 is 0 Å². The smallest absolute Gasteiger partial charge is 0.294 e. The van der Waals surface area contributed by atoms with Gasteiger partial charge in [-0.25, -0.2) is 0 Å². The van der Waals surface area contributed by atoms with E-state index in [-0.39, 0.29) is 25.0 Å². The van der Waals surface area contributed by atoms with Crippen molar-refractivity contribution in [1.82, 2.24) is 9.80 Å².